The van der Waals surface area contributed by atoms with E-state index in [0.29, 0.717) is 11.5 Å². The minimum absolute atomic E-state index is 0.423. The number of hydrogen-bond acceptors (Lipinski definition) is 1. The van der Waals surface area contributed by atoms with E-state index in [1.54, 1.807) is 0 Å². The van der Waals surface area contributed by atoms with Crippen LogP contribution in [0.25, 0.3) is 5.57 Å². The van der Waals surface area contributed by atoms with Gasteiger partial charge in [-0.25, -0.2) is 4.79 Å². The predicted octanol–water partition coefficient (Wildman–Crippen LogP) is 4.52. The third-order valence-corrected chi connectivity index (χ3v) is 3.87. The molecule has 1 aromatic rings. The van der Waals surface area contributed by atoms with Crippen LogP contribution in [-0.4, -0.2) is 11.1 Å². The molecule has 2 nitrogen and oxygen atoms in total. The molecule has 1 aliphatic rings. The van der Waals surface area contributed by atoms with Crippen molar-refractivity contribution in [2.75, 3.05) is 0 Å². The van der Waals surface area contributed by atoms with Crippen molar-refractivity contribution in [3.63, 3.8) is 0 Å². The molecule has 0 heterocycles. The van der Waals surface area contributed by atoms with Gasteiger partial charge in [0, 0.05) is 0 Å². The number of benzene rings is 1. The molecule has 1 fully saturated rings. The summed E-state index contributed by atoms with van der Waals surface area (Å²) in [7, 11) is 0. The number of carbonyl (C=O) groups is 1. The topological polar surface area (TPSA) is 37.3 Å². The van der Waals surface area contributed by atoms with Gasteiger partial charge in [-0.2, -0.15) is 0 Å². The van der Waals surface area contributed by atoms with Crippen molar-refractivity contribution in [3.05, 3.63) is 42.0 Å². The van der Waals surface area contributed by atoms with E-state index in [0.717, 1.165) is 18.4 Å². The zero-order chi connectivity index (χ0) is 13.5. The third-order valence-electron chi connectivity index (χ3n) is 3.87. The predicted molar refractivity (Wildman–Crippen MR) is 77.9 cm³/mol. The van der Waals surface area contributed by atoms with Crippen molar-refractivity contribution < 1.29 is 9.90 Å². The van der Waals surface area contributed by atoms with Gasteiger partial charge in [0.25, 0.3) is 0 Å². The number of carboxylic acid groups (broad SMARTS) is 1. The molecular weight excluding hydrogens is 236 g/mol. The summed E-state index contributed by atoms with van der Waals surface area (Å²) in [6.07, 6.45) is 10.6. The third kappa shape index (κ3) is 4.23. The van der Waals surface area contributed by atoms with Crippen LogP contribution < -0.4 is 0 Å². The molecule has 102 valence electrons. The van der Waals surface area contributed by atoms with E-state index in [2.05, 4.69) is 0 Å². The van der Waals surface area contributed by atoms with Crippen molar-refractivity contribution in [2.24, 2.45) is 5.92 Å². The summed E-state index contributed by atoms with van der Waals surface area (Å²) < 4.78 is 0. The monoisotopic (exact) mass is 258 g/mol. The quantitative estimate of drug-likeness (QED) is 0.810. The second-order valence-corrected chi connectivity index (χ2v) is 5.36. The Hall–Kier alpha value is -1.57. The van der Waals surface area contributed by atoms with Crippen molar-refractivity contribution in [2.45, 2.75) is 44.9 Å². The van der Waals surface area contributed by atoms with Crippen molar-refractivity contribution in [3.8, 4) is 0 Å². The molecule has 1 N–H and O–H groups in total. The largest absolute Gasteiger partial charge is 0.478 e. The average molecular weight is 258 g/mol. The molecule has 0 spiro atoms. The summed E-state index contributed by atoms with van der Waals surface area (Å²) in [6, 6.07) is 9.46. The van der Waals surface area contributed by atoms with Gasteiger partial charge in [-0.1, -0.05) is 68.5 Å². The van der Waals surface area contributed by atoms with Gasteiger partial charge in [0.1, 0.15) is 0 Å². The zero-order valence-electron chi connectivity index (χ0n) is 11.3. The SMILES string of the molecule is O=C(O)/C(=C/C1CCCCCCC1)c1ccccc1. The van der Waals surface area contributed by atoms with Gasteiger partial charge >= 0.3 is 5.97 Å². The van der Waals surface area contributed by atoms with E-state index >= 15 is 0 Å². The molecule has 0 saturated heterocycles. The first-order valence-corrected chi connectivity index (χ1v) is 7.28. The summed E-state index contributed by atoms with van der Waals surface area (Å²) in [4.78, 5) is 11.5. The number of carboxylic acids is 1. The zero-order valence-corrected chi connectivity index (χ0v) is 11.3. The lowest BCUT2D eigenvalue weighted by Crippen LogP contribution is -2.06. The smallest absolute Gasteiger partial charge is 0.335 e. The first-order valence-electron chi connectivity index (χ1n) is 7.28. The second kappa shape index (κ2) is 7.13. The van der Waals surface area contributed by atoms with E-state index in [9.17, 15) is 9.90 Å². The van der Waals surface area contributed by atoms with Gasteiger partial charge in [0.05, 0.1) is 5.57 Å². The molecule has 0 radical (unpaired) electrons. The molecule has 19 heavy (non-hydrogen) atoms. The van der Waals surface area contributed by atoms with Gasteiger partial charge in [-0.3, -0.25) is 0 Å². The van der Waals surface area contributed by atoms with Crippen molar-refractivity contribution in [1.82, 2.24) is 0 Å². The van der Waals surface area contributed by atoms with Crippen LogP contribution in [0.5, 0.6) is 0 Å². The Balaban J connectivity index is 2.17. The molecule has 0 atom stereocenters. The highest BCUT2D eigenvalue weighted by Crippen LogP contribution is 2.26. The molecule has 2 heteroatoms. The first-order chi connectivity index (χ1) is 9.27. The Labute approximate surface area is 115 Å². The van der Waals surface area contributed by atoms with Crippen LogP contribution in [0.1, 0.15) is 50.5 Å². The fraction of sp³-hybridized carbons (Fsp3) is 0.471. The molecule has 1 aromatic carbocycles. The standard InChI is InChI=1S/C17H22O2/c18-17(19)16(15-11-7-4-8-12-15)13-14-9-5-2-1-3-6-10-14/h4,7-8,11-14H,1-3,5-6,9-10H2,(H,18,19)/b16-13+. The van der Waals surface area contributed by atoms with Crippen LogP contribution in [0.2, 0.25) is 0 Å². The highest BCUT2D eigenvalue weighted by molar-refractivity contribution is 6.15. The van der Waals surface area contributed by atoms with Crippen LogP contribution in [0.3, 0.4) is 0 Å². The molecule has 1 saturated carbocycles. The maximum absolute atomic E-state index is 11.5. The molecule has 2 rings (SSSR count). The molecule has 0 aromatic heterocycles. The van der Waals surface area contributed by atoms with Crippen molar-refractivity contribution in [1.29, 1.82) is 0 Å². The number of aliphatic carboxylic acids is 1. The fourth-order valence-corrected chi connectivity index (χ4v) is 2.80. The number of allylic oxidation sites excluding steroid dienone is 1. The Morgan fingerprint density at radius 1 is 1.00 bits per heavy atom. The van der Waals surface area contributed by atoms with E-state index in [1.807, 2.05) is 36.4 Å². The van der Waals surface area contributed by atoms with Gasteiger partial charge in [0.2, 0.25) is 0 Å². The molecule has 0 amide bonds. The minimum Gasteiger partial charge on any atom is -0.478 e. The molecule has 0 aliphatic heterocycles. The Bertz CT molecular complexity index is 426. The minimum atomic E-state index is -0.812. The lowest BCUT2D eigenvalue weighted by atomic mass is 9.88. The van der Waals surface area contributed by atoms with Gasteiger partial charge in [-0.05, 0) is 24.3 Å². The first kappa shape index (κ1) is 13.9. The van der Waals surface area contributed by atoms with E-state index in [-0.39, 0.29) is 0 Å². The summed E-state index contributed by atoms with van der Waals surface area (Å²) >= 11 is 0. The normalized spacial score (nSPS) is 18.6. The van der Waals surface area contributed by atoms with Gasteiger partial charge in [-0.15, -0.1) is 0 Å². The lowest BCUT2D eigenvalue weighted by Gasteiger charge is -2.17. The van der Waals surface area contributed by atoms with Crippen LogP contribution in [-0.2, 0) is 4.79 Å². The Morgan fingerprint density at radius 3 is 2.16 bits per heavy atom. The van der Waals surface area contributed by atoms with E-state index in [4.69, 9.17) is 0 Å². The highest BCUT2D eigenvalue weighted by Gasteiger charge is 2.15. The van der Waals surface area contributed by atoms with E-state index in [1.165, 1.54) is 32.1 Å². The summed E-state index contributed by atoms with van der Waals surface area (Å²) in [5.41, 5.74) is 1.28. The molecule has 0 unspecified atom stereocenters. The van der Waals surface area contributed by atoms with Crippen LogP contribution in [0.4, 0.5) is 0 Å². The Kier molecular flexibility index (Phi) is 5.20. The number of hydrogen-bond donors (Lipinski definition) is 1. The molecule has 1 aliphatic carbocycles. The van der Waals surface area contributed by atoms with Crippen LogP contribution in [0, 0.1) is 5.92 Å². The molecule has 0 bridgehead atoms. The average Bonchev–Trinajstić information content (AvgIpc) is 2.38. The second-order valence-electron chi connectivity index (χ2n) is 5.36. The van der Waals surface area contributed by atoms with E-state index < -0.39 is 5.97 Å². The van der Waals surface area contributed by atoms with Crippen molar-refractivity contribution >= 4 is 11.5 Å². The Morgan fingerprint density at radius 2 is 1.58 bits per heavy atom. The summed E-state index contributed by atoms with van der Waals surface area (Å²) in [6.45, 7) is 0. The van der Waals surface area contributed by atoms with Crippen LogP contribution >= 0.6 is 0 Å². The maximum atomic E-state index is 11.5. The van der Waals surface area contributed by atoms with Gasteiger partial charge < -0.3 is 5.11 Å². The number of rotatable bonds is 3. The fourth-order valence-electron chi connectivity index (χ4n) is 2.80. The van der Waals surface area contributed by atoms with Crippen LogP contribution in [0.15, 0.2) is 36.4 Å². The molecular formula is C17H22O2. The maximum Gasteiger partial charge on any atom is 0.335 e. The summed E-state index contributed by atoms with van der Waals surface area (Å²) in [5.74, 6) is -0.389. The van der Waals surface area contributed by atoms with Gasteiger partial charge in [0.15, 0.2) is 0 Å². The lowest BCUT2D eigenvalue weighted by molar-refractivity contribution is -0.130. The highest BCUT2D eigenvalue weighted by atomic mass is 16.4. The summed E-state index contributed by atoms with van der Waals surface area (Å²) in [5, 5.41) is 9.41.